The Morgan fingerprint density at radius 2 is 0.656 bits per heavy atom. The van der Waals surface area contributed by atoms with E-state index in [9.17, 15) is 0 Å². The van der Waals surface area contributed by atoms with Crippen LogP contribution in [0.4, 0.5) is 0 Å². The molecule has 0 N–H and O–H groups in total. The minimum absolute atomic E-state index is 0. The molecule has 0 atom stereocenters. The first-order chi connectivity index (χ1) is 14.4. The Labute approximate surface area is 236 Å². The molecule has 0 unspecified atom stereocenters. The fourth-order valence-corrected chi connectivity index (χ4v) is 1.55. The van der Waals surface area contributed by atoms with E-state index in [2.05, 4.69) is 13.2 Å². The van der Waals surface area contributed by atoms with Crippen LogP contribution in [0.1, 0.15) is 0 Å². The van der Waals surface area contributed by atoms with Crippen molar-refractivity contribution >= 4 is 10.4 Å². The maximum absolute atomic E-state index is 8.52. The van der Waals surface area contributed by atoms with E-state index in [0.29, 0.717) is 92.5 Å². The normalized spacial score (nSPS) is 10.3. The molecular weight excluding hydrogens is 470 g/mol. The monoisotopic (exact) mass is 504 g/mol. The molecule has 0 saturated carbocycles. The van der Waals surface area contributed by atoms with Gasteiger partial charge in [0.05, 0.1) is 92.5 Å². The predicted octanol–water partition coefficient (Wildman–Crippen LogP) is -5.86. The third-order valence-corrected chi connectivity index (χ3v) is 2.70. The van der Waals surface area contributed by atoms with Crippen LogP contribution >= 0.6 is 0 Å². The second kappa shape index (κ2) is 34.2. The SMILES string of the molecule is C=CCOCCOCCOCCOCCOCCOCCOCC=C.O=S(=O)([O-])[O-].[Na+].[Na+]. The van der Waals surface area contributed by atoms with E-state index in [1.807, 2.05) is 0 Å². The summed E-state index contributed by atoms with van der Waals surface area (Å²) >= 11 is 0. The van der Waals surface area contributed by atoms with Crippen molar-refractivity contribution in [1.29, 1.82) is 0 Å². The van der Waals surface area contributed by atoms with Crippen molar-refractivity contribution in [3.63, 3.8) is 0 Å². The molecule has 0 aromatic rings. The molecule has 0 aromatic carbocycles. The van der Waals surface area contributed by atoms with Crippen LogP contribution in [0.25, 0.3) is 0 Å². The van der Waals surface area contributed by atoms with Crippen molar-refractivity contribution in [3.05, 3.63) is 25.3 Å². The first-order valence-corrected chi connectivity index (χ1v) is 10.7. The summed E-state index contributed by atoms with van der Waals surface area (Å²) in [6.45, 7) is 14.9. The van der Waals surface area contributed by atoms with Crippen LogP contribution in [0.2, 0.25) is 0 Å². The van der Waals surface area contributed by atoms with E-state index in [1.54, 1.807) is 12.2 Å². The summed E-state index contributed by atoms with van der Waals surface area (Å²) in [6, 6.07) is 0. The van der Waals surface area contributed by atoms with Crippen molar-refractivity contribution in [1.82, 2.24) is 0 Å². The Hall–Kier alpha value is 1.07. The number of ether oxygens (including phenoxy) is 7. The average molecular weight is 505 g/mol. The third-order valence-electron chi connectivity index (χ3n) is 2.70. The molecule has 0 saturated heterocycles. The van der Waals surface area contributed by atoms with E-state index in [-0.39, 0.29) is 59.1 Å². The van der Waals surface area contributed by atoms with Crippen molar-refractivity contribution in [2.75, 3.05) is 92.5 Å². The van der Waals surface area contributed by atoms with Gasteiger partial charge in [-0.2, -0.15) is 0 Å². The molecule has 0 aliphatic carbocycles. The van der Waals surface area contributed by atoms with E-state index in [1.165, 1.54) is 0 Å². The van der Waals surface area contributed by atoms with Crippen LogP contribution in [0.5, 0.6) is 0 Å². The summed E-state index contributed by atoms with van der Waals surface area (Å²) in [5.41, 5.74) is 0. The molecule has 180 valence electrons. The summed E-state index contributed by atoms with van der Waals surface area (Å²) in [5.74, 6) is 0. The van der Waals surface area contributed by atoms with Gasteiger partial charge in [-0.05, 0) is 0 Å². The topological polar surface area (TPSA) is 145 Å². The van der Waals surface area contributed by atoms with Gasteiger partial charge >= 0.3 is 59.1 Å². The zero-order valence-corrected chi connectivity index (χ0v) is 24.2. The first kappa shape index (κ1) is 40.2. The van der Waals surface area contributed by atoms with E-state index < -0.39 is 10.4 Å². The maximum atomic E-state index is 8.52. The minimum Gasteiger partial charge on any atom is -0.759 e. The molecule has 0 spiro atoms. The standard InChI is InChI=1S/C18H34O7.2Na.H2O4S/c1-3-5-19-7-9-21-11-13-23-15-17-25-18-16-24-14-12-22-10-8-20-6-4-2;;;1-5(2,3)4/h3-4H,1-2,5-18H2;;;(H2,1,2,3,4)/q;2*+1;/p-2. The van der Waals surface area contributed by atoms with Crippen molar-refractivity contribution in [3.8, 4) is 0 Å². The average Bonchev–Trinajstić information content (AvgIpc) is 2.68. The summed E-state index contributed by atoms with van der Waals surface area (Å²) in [5, 5.41) is 0. The first-order valence-electron chi connectivity index (χ1n) is 9.34. The molecule has 0 heterocycles. The molecule has 0 amide bonds. The Kier molecular flexibility index (Phi) is 43.1. The van der Waals surface area contributed by atoms with Gasteiger partial charge in [-0.1, -0.05) is 12.2 Å². The zero-order chi connectivity index (χ0) is 22.8. The predicted molar refractivity (Wildman–Crippen MR) is 107 cm³/mol. The van der Waals surface area contributed by atoms with E-state index in [4.69, 9.17) is 50.7 Å². The number of hydrogen-bond donors (Lipinski definition) is 0. The van der Waals surface area contributed by atoms with Crippen LogP contribution in [0, 0.1) is 0 Å². The van der Waals surface area contributed by atoms with Gasteiger partial charge in [-0.3, -0.25) is 8.42 Å². The molecule has 0 fully saturated rings. The fourth-order valence-electron chi connectivity index (χ4n) is 1.55. The quantitative estimate of drug-likeness (QED) is 0.0457. The van der Waals surface area contributed by atoms with Crippen LogP contribution in [0.3, 0.4) is 0 Å². The van der Waals surface area contributed by atoms with Crippen molar-refractivity contribution in [2.24, 2.45) is 0 Å². The fraction of sp³-hybridized carbons (Fsp3) is 0.778. The Bertz CT molecular complexity index is 434. The van der Waals surface area contributed by atoms with E-state index >= 15 is 0 Å². The molecule has 0 bridgehead atoms. The summed E-state index contributed by atoms with van der Waals surface area (Å²) in [6.07, 6.45) is 3.43. The zero-order valence-electron chi connectivity index (χ0n) is 19.4. The Morgan fingerprint density at radius 1 is 0.500 bits per heavy atom. The molecule has 0 aliphatic heterocycles. The van der Waals surface area contributed by atoms with Gasteiger partial charge < -0.3 is 42.3 Å². The molecule has 11 nitrogen and oxygen atoms in total. The van der Waals surface area contributed by atoms with Crippen LogP contribution in [0.15, 0.2) is 25.3 Å². The molecule has 32 heavy (non-hydrogen) atoms. The molecule has 0 aliphatic rings. The minimum atomic E-state index is -5.17. The van der Waals surface area contributed by atoms with E-state index in [0.717, 1.165) is 0 Å². The number of rotatable bonds is 22. The van der Waals surface area contributed by atoms with Gasteiger partial charge in [0, 0.05) is 10.4 Å². The Morgan fingerprint density at radius 3 is 0.812 bits per heavy atom. The van der Waals surface area contributed by atoms with Gasteiger partial charge in [0.1, 0.15) is 0 Å². The molecule has 0 aromatic heterocycles. The smallest absolute Gasteiger partial charge is 0.759 e. The summed E-state index contributed by atoms with van der Waals surface area (Å²) in [7, 11) is -5.17. The van der Waals surface area contributed by atoms with Gasteiger partial charge in [0.25, 0.3) is 0 Å². The molecule has 0 rings (SSSR count). The summed E-state index contributed by atoms with van der Waals surface area (Å²) < 4.78 is 71.2. The van der Waals surface area contributed by atoms with Crippen LogP contribution in [-0.4, -0.2) is 110 Å². The van der Waals surface area contributed by atoms with Gasteiger partial charge in [0.15, 0.2) is 0 Å². The second-order valence-electron chi connectivity index (χ2n) is 5.20. The maximum Gasteiger partial charge on any atom is 1.00 e. The second-order valence-corrected chi connectivity index (χ2v) is 6.01. The molecule has 0 radical (unpaired) electrons. The number of hydrogen-bond acceptors (Lipinski definition) is 11. The van der Waals surface area contributed by atoms with Crippen LogP contribution < -0.4 is 59.1 Å². The van der Waals surface area contributed by atoms with Gasteiger partial charge in [0.2, 0.25) is 0 Å². The molecule has 14 heteroatoms. The Balaban J connectivity index is -0.000000501. The third kappa shape index (κ3) is 52.8. The molecular formula is C18H34Na2O11S. The summed E-state index contributed by atoms with van der Waals surface area (Å²) in [4.78, 5) is 0. The van der Waals surface area contributed by atoms with Crippen molar-refractivity contribution < 1.29 is 110 Å². The van der Waals surface area contributed by atoms with Crippen LogP contribution in [-0.2, 0) is 43.6 Å². The van der Waals surface area contributed by atoms with Gasteiger partial charge in [-0.25, -0.2) is 0 Å². The van der Waals surface area contributed by atoms with Gasteiger partial charge in [-0.15, -0.1) is 13.2 Å². The largest absolute Gasteiger partial charge is 1.00 e. The van der Waals surface area contributed by atoms with Crippen molar-refractivity contribution in [2.45, 2.75) is 0 Å².